The fourth-order valence-electron chi connectivity index (χ4n) is 3.01. The number of methoxy groups -OCH3 is 1. The lowest BCUT2D eigenvalue weighted by atomic mass is 10.0. The maximum absolute atomic E-state index is 14.2. The summed E-state index contributed by atoms with van der Waals surface area (Å²) in [5, 5.41) is 0.938. The highest BCUT2D eigenvalue weighted by atomic mass is 19.1. The molecule has 0 fully saturated rings. The molecule has 0 spiro atoms. The van der Waals surface area contributed by atoms with Crippen molar-refractivity contribution >= 4 is 11.0 Å². The van der Waals surface area contributed by atoms with E-state index in [1.165, 1.54) is 19.4 Å². The van der Waals surface area contributed by atoms with Gasteiger partial charge in [-0.05, 0) is 41.0 Å². The average molecular weight is 365 g/mol. The van der Waals surface area contributed by atoms with E-state index in [4.69, 9.17) is 4.74 Å². The van der Waals surface area contributed by atoms with Crippen LogP contribution in [0.5, 0.6) is 5.88 Å². The van der Waals surface area contributed by atoms with Crippen molar-refractivity contribution in [3.63, 3.8) is 0 Å². The van der Waals surface area contributed by atoms with Crippen LogP contribution in [0.1, 0.15) is 22.3 Å². The number of nitrogens with one attached hydrogen (secondary N) is 1. The molecule has 0 aliphatic rings. The van der Waals surface area contributed by atoms with Gasteiger partial charge in [0.1, 0.15) is 5.65 Å². The Morgan fingerprint density at radius 2 is 2.04 bits per heavy atom. The number of rotatable bonds is 5. The molecule has 0 aliphatic heterocycles. The quantitative estimate of drug-likeness (QED) is 0.549. The summed E-state index contributed by atoms with van der Waals surface area (Å²) in [7, 11) is 1.36. The molecule has 4 heterocycles. The minimum atomic E-state index is -0.573. The second kappa shape index (κ2) is 7.11. The maximum Gasteiger partial charge on any atom is 0.250 e. The Bertz CT molecular complexity index is 1110. The van der Waals surface area contributed by atoms with Gasteiger partial charge in [-0.2, -0.15) is 4.39 Å². The van der Waals surface area contributed by atoms with Crippen LogP contribution >= 0.6 is 0 Å². The van der Waals surface area contributed by atoms with Crippen LogP contribution < -0.4 is 4.74 Å². The van der Waals surface area contributed by atoms with Crippen LogP contribution in [0, 0.1) is 18.0 Å². The van der Waals surface area contributed by atoms with Crippen molar-refractivity contribution in [2.75, 3.05) is 7.11 Å². The first-order valence-corrected chi connectivity index (χ1v) is 8.29. The average Bonchev–Trinajstić information content (AvgIpc) is 3.08. The highest BCUT2D eigenvalue weighted by molar-refractivity contribution is 5.79. The molecular formula is C20H15F2N4O. The summed E-state index contributed by atoms with van der Waals surface area (Å²) in [5.41, 5.74) is 3.39. The van der Waals surface area contributed by atoms with E-state index in [0.29, 0.717) is 29.5 Å². The molecule has 0 bridgehead atoms. The van der Waals surface area contributed by atoms with Crippen molar-refractivity contribution in [1.29, 1.82) is 0 Å². The molecule has 0 atom stereocenters. The predicted octanol–water partition coefficient (Wildman–Crippen LogP) is 3.62. The lowest BCUT2D eigenvalue weighted by molar-refractivity contribution is 0.368. The SMILES string of the molecule is COc1ncc(Cc2[c]nc(F)c(Cc3c[nH]c4ncccc34)c2)cc1F. The third kappa shape index (κ3) is 3.48. The van der Waals surface area contributed by atoms with Gasteiger partial charge in [0.25, 0.3) is 0 Å². The Balaban J connectivity index is 1.60. The van der Waals surface area contributed by atoms with Crippen LogP contribution in [0.4, 0.5) is 8.78 Å². The number of halogens is 2. The van der Waals surface area contributed by atoms with Crippen molar-refractivity contribution in [2.45, 2.75) is 12.8 Å². The third-order valence-corrected chi connectivity index (χ3v) is 4.28. The highest BCUT2D eigenvalue weighted by Crippen LogP contribution is 2.22. The molecule has 0 saturated carbocycles. The van der Waals surface area contributed by atoms with E-state index in [0.717, 1.165) is 16.6 Å². The molecule has 1 N–H and O–H groups in total. The summed E-state index contributed by atoms with van der Waals surface area (Å²) in [6.45, 7) is 0. The Kier molecular flexibility index (Phi) is 4.50. The lowest BCUT2D eigenvalue weighted by Gasteiger charge is -2.07. The molecule has 27 heavy (non-hydrogen) atoms. The van der Waals surface area contributed by atoms with Crippen LogP contribution in [0.15, 0.2) is 42.9 Å². The first-order chi connectivity index (χ1) is 13.1. The number of hydrogen-bond donors (Lipinski definition) is 1. The molecule has 1 radical (unpaired) electrons. The summed E-state index contributed by atoms with van der Waals surface area (Å²) in [4.78, 5) is 15.0. The van der Waals surface area contributed by atoms with Gasteiger partial charge in [0.2, 0.25) is 11.8 Å². The molecule has 135 valence electrons. The minimum Gasteiger partial charge on any atom is -0.479 e. The van der Waals surface area contributed by atoms with Crippen molar-refractivity contribution in [1.82, 2.24) is 19.9 Å². The Hall–Kier alpha value is -3.35. The van der Waals surface area contributed by atoms with E-state index in [1.54, 1.807) is 12.3 Å². The minimum absolute atomic E-state index is 0.0615. The van der Waals surface area contributed by atoms with E-state index >= 15 is 0 Å². The van der Waals surface area contributed by atoms with Gasteiger partial charge >= 0.3 is 0 Å². The number of nitrogens with zero attached hydrogens (tertiary/aromatic N) is 3. The van der Waals surface area contributed by atoms with Crippen LogP contribution in [-0.2, 0) is 12.8 Å². The predicted molar refractivity (Wildman–Crippen MR) is 95.5 cm³/mol. The summed E-state index contributed by atoms with van der Waals surface area (Å²) >= 11 is 0. The zero-order valence-electron chi connectivity index (χ0n) is 14.5. The highest BCUT2D eigenvalue weighted by Gasteiger charge is 2.12. The molecule has 7 heteroatoms. The van der Waals surface area contributed by atoms with E-state index in [9.17, 15) is 8.78 Å². The van der Waals surface area contributed by atoms with Crippen molar-refractivity contribution in [2.24, 2.45) is 0 Å². The number of ether oxygens (including phenoxy) is 1. The normalized spacial score (nSPS) is 11.1. The molecule has 4 aromatic rings. The smallest absolute Gasteiger partial charge is 0.250 e. The van der Waals surface area contributed by atoms with Gasteiger partial charge in [0.15, 0.2) is 5.82 Å². The van der Waals surface area contributed by atoms with Crippen molar-refractivity contribution in [3.05, 3.63) is 83.1 Å². The van der Waals surface area contributed by atoms with Crippen molar-refractivity contribution < 1.29 is 13.5 Å². The number of hydrogen-bond acceptors (Lipinski definition) is 4. The van der Waals surface area contributed by atoms with Gasteiger partial charge in [-0.15, -0.1) is 0 Å². The monoisotopic (exact) mass is 365 g/mol. The zero-order chi connectivity index (χ0) is 18.8. The van der Waals surface area contributed by atoms with Gasteiger partial charge in [0.05, 0.1) is 13.3 Å². The van der Waals surface area contributed by atoms with E-state index in [1.807, 2.05) is 18.3 Å². The molecule has 4 rings (SSSR count). The molecule has 0 saturated heterocycles. The topological polar surface area (TPSA) is 63.7 Å². The van der Waals surface area contributed by atoms with Crippen molar-refractivity contribution in [3.8, 4) is 5.88 Å². The fourth-order valence-corrected chi connectivity index (χ4v) is 3.01. The van der Waals surface area contributed by atoms with E-state index in [2.05, 4.69) is 26.1 Å². The molecule has 5 nitrogen and oxygen atoms in total. The van der Waals surface area contributed by atoms with Crippen LogP contribution in [0.25, 0.3) is 11.0 Å². The number of aromatic nitrogens is 4. The summed E-state index contributed by atoms with van der Waals surface area (Å²) in [5.74, 6) is -1.18. The van der Waals surface area contributed by atoms with Crippen LogP contribution in [0.2, 0.25) is 0 Å². The number of aromatic amines is 1. The van der Waals surface area contributed by atoms with E-state index in [-0.39, 0.29) is 5.88 Å². The van der Waals surface area contributed by atoms with Gasteiger partial charge in [-0.1, -0.05) is 0 Å². The molecule has 0 aromatic carbocycles. The van der Waals surface area contributed by atoms with Crippen LogP contribution in [-0.4, -0.2) is 27.0 Å². The molecule has 0 unspecified atom stereocenters. The largest absolute Gasteiger partial charge is 0.479 e. The number of fused-ring (bicyclic) bond motifs is 1. The Morgan fingerprint density at radius 1 is 1.15 bits per heavy atom. The van der Waals surface area contributed by atoms with Gasteiger partial charge in [-0.25, -0.2) is 19.3 Å². The van der Waals surface area contributed by atoms with E-state index < -0.39 is 11.8 Å². The summed E-state index contributed by atoms with van der Waals surface area (Å²) < 4.78 is 32.8. The molecular weight excluding hydrogens is 350 g/mol. The molecule has 0 amide bonds. The Morgan fingerprint density at radius 3 is 2.85 bits per heavy atom. The standard InChI is InChI=1S/C20H15F2N4O/c1-27-20-17(21)7-13(10-26-20)5-12-6-14(18(22)24-9-12)8-15-11-25-19-16(15)3-2-4-23-19/h2-4,6-7,10-11H,5,8H2,1H3,(H,23,25). The van der Waals surface area contributed by atoms with Gasteiger partial charge < -0.3 is 9.72 Å². The maximum atomic E-state index is 14.2. The lowest BCUT2D eigenvalue weighted by Crippen LogP contribution is -2.01. The number of pyridine rings is 3. The third-order valence-electron chi connectivity index (χ3n) is 4.28. The summed E-state index contributed by atoms with van der Waals surface area (Å²) in [6.07, 6.45) is 8.39. The number of H-pyrrole nitrogens is 1. The molecule has 0 aliphatic carbocycles. The van der Waals surface area contributed by atoms with Crippen LogP contribution in [0.3, 0.4) is 0 Å². The summed E-state index contributed by atoms with van der Waals surface area (Å²) in [6, 6.07) is 6.80. The van der Waals surface area contributed by atoms with Gasteiger partial charge in [0, 0.05) is 42.4 Å². The first-order valence-electron chi connectivity index (χ1n) is 8.29. The fraction of sp³-hybridized carbons (Fsp3) is 0.150. The molecule has 4 aromatic heterocycles. The van der Waals surface area contributed by atoms with Gasteiger partial charge in [-0.3, -0.25) is 0 Å². The second-order valence-electron chi connectivity index (χ2n) is 6.11. The first kappa shape index (κ1) is 17.1. The Labute approximate surface area is 154 Å². The second-order valence-corrected chi connectivity index (χ2v) is 6.11. The zero-order valence-corrected chi connectivity index (χ0v) is 14.5.